The molecule has 1 saturated carbocycles. The van der Waals surface area contributed by atoms with E-state index in [1.807, 2.05) is 42.6 Å². The van der Waals surface area contributed by atoms with E-state index in [9.17, 15) is 0 Å². The predicted molar refractivity (Wildman–Crippen MR) is 119 cm³/mol. The van der Waals surface area contributed by atoms with Gasteiger partial charge in [-0.15, -0.1) is 0 Å². The number of nitrogens with one attached hydrogen (secondary N) is 2. The molecule has 1 aliphatic carbocycles. The fraction of sp³-hybridized carbons (Fsp3) is 0.261. The van der Waals surface area contributed by atoms with Crippen molar-refractivity contribution < 1.29 is 0 Å². The first-order chi connectivity index (χ1) is 14.2. The number of hydrogen-bond donors (Lipinski definition) is 2. The molecule has 0 aliphatic heterocycles. The molecular weight excluding hydrogens is 382 g/mol. The van der Waals surface area contributed by atoms with Gasteiger partial charge in [0.15, 0.2) is 0 Å². The fourth-order valence-corrected chi connectivity index (χ4v) is 3.67. The van der Waals surface area contributed by atoms with Crippen molar-refractivity contribution in [2.24, 2.45) is 0 Å². The number of hydrogen-bond acceptors (Lipinski definition) is 5. The second kappa shape index (κ2) is 9.05. The Bertz CT molecular complexity index is 980. The number of nitrogens with zero attached hydrogens (tertiary/aromatic N) is 3. The number of anilines is 2. The summed E-state index contributed by atoms with van der Waals surface area (Å²) < 4.78 is 0. The standard InChI is InChI=1S/C23H24ClN5/c1-16-7-9-18(10-8-16)28-23-12-19(20(24)15-27-23)21-5-2-6-22(29-21)26-14-17-4-3-11-25-13-17/h2-6,11-13,15,18H,1,7-10,14H2,(H,26,29)(H,27,28). The minimum atomic E-state index is 0.419. The van der Waals surface area contributed by atoms with Crippen molar-refractivity contribution in [3.8, 4) is 11.3 Å². The highest BCUT2D eigenvalue weighted by molar-refractivity contribution is 6.33. The van der Waals surface area contributed by atoms with Crippen LogP contribution in [0, 0.1) is 0 Å². The maximum Gasteiger partial charge on any atom is 0.126 e. The molecule has 0 radical (unpaired) electrons. The van der Waals surface area contributed by atoms with Gasteiger partial charge in [0.2, 0.25) is 0 Å². The zero-order chi connectivity index (χ0) is 20.1. The molecule has 29 heavy (non-hydrogen) atoms. The Kier molecular flexibility index (Phi) is 6.06. The Morgan fingerprint density at radius 3 is 2.72 bits per heavy atom. The molecule has 1 fully saturated rings. The van der Waals surface area contributed by atoms with Crippen molar-refractivity contribution >= 4 is 23.2 Å². The van der Waals surface area contributed by atoms with Gasteiger partial charge in [-0.25, -0.2) is 9.97 Å². The van der Waals surface area contributed by atoms with Crippen LogP contribution in [0.1, 0.15) is 31.2 Å². The summed E-state index contributed by atoms with van der Waals surface area (Å²) >= 11 is 6.45. The van der Waals surface area contributed by atoms with Gasteiger partial charge in [-0.2, -0.15) is 0 Å². The first-order valence-electron chi connectivity index (χ1n) is 9.86. The Hall–Kier alpha value is -2.92. The topological polar surface area (TPSA) is 62.7 Å². The van der Waals surface area contributed by atoms with Gasteiger partial charge < -0.3 is 10.6 Å². The maximum atomic E-state index is 6.45. The average molecular weight is 406 g/mol. The van der Waals surface area contributed by atoms with Crippen LogP contribution in [0.2, 0.25) is 5.02 Å². The SMILES string of the molecule is C=C1CCC(Nc2cc(-c3cccc(NCc4cccnc4)n3)c(Cl)cn2)CC1. The highest BCUT2D eigenvalue weighted by Gasteiger charge is 2.16. The van der Waals surface area contributed by atoms with E-state index in [4.69, 9.17) is 16.6 Å². The fourth-order valence-electron chi connectivity index (χ4n) is 3.47. The van der Waals surface area contributed by atoms with Gasteiger partial charge in [0.05, 0.1) is 10.7 Å². The molecule has 0 atom stereocenters. The number of rotatable bonds is 6. The molecule has 0 saturated heterocycles. The maximum absolute atomic E-state index is 6.45. The molecule has 3 heterocycles. The highest BCUT2D eigenvalue weighted by atomic mass is 35.5. The molecule has 6 heteroatoms. The first-order valence-corrected chi connectivity index (χ1v) is 10.2. The van der Waals surface area contributed by atoms with Crippen LogP contribution < -0.4 is 10.6 Å². The van der Waals surface area contributed by atoms with E-state index < -0.39 is 0 Å². The average Bonchev–Trinajstić information content (AvgIpc) is 2.76. The minimum absolute atomic E-state index is 0.419. The summed E-state index contributed by atoms with van der Waals surface area (Å²) in [6, 6.07) is 12.2. The van der Waals surface area contributed by atoms with E-state index in [0.29, 0.717) is 17.6 Å². The van der Waals surface area contributed by atoms with Crippen LogP contribution in [0.15, 0.2) is 67.1 Å². The smallest absolute Gasteiger partial charge is 0.126 e. The Labute approximate surface area is 176 Å². The molecular formula is C23H24ClN5. The van der Waals surface area contributed by atoms with Gasteiger partial charge >= 0.3 is 0 Å². The van der Waals surface area contributed by atoms with Gasteiger partial charge in [-0.1, -0.05) is 35.9 Å². The first kappa shape index (κ1) is 19.4. The van der Waals surface area contributed by atoms with E-state index >= 15 is 0 Å². The number of pyridine rings is 3. The molecule has 4 rings (SSSR count). The lowest BCUT2D eigenvalue weighted by molar-refractivity contribution is 0.540. The highest BCUT2D eigenvalue weighted by Crippen LogP contribution is 2.30. The zero-order valence-electron chi connectivity index (χ0n) is 16.2. The molecule has 0 spiro atoms. The number of aromatic nitrogens is 3. The van der Waals surface area contributed by atoms with Gasteiger partial charge in [-0.05, 0) is 55.5 Å². The third-order valence-electron chi connectivity index (χ3n) is 5.12. The van der Waals surface area contributed by atoms with Crippen molar-refractivity contribution in [3.63, 3.8) is 0 Å². The second-order valence-electron chi connectivity index (χ2n) is 7.34. The summed E-state index contributed by atoms with van der Waals surface area (Å²) in [7, 11) is 0. The van der Waals surface area contributed by atoms with Gasteiger partial charge in [0.25, 0.3) is 0 Å². The molecule has 0 aromatic carbocycles. The minimum Gasteiger partial charge on any atom is -0.367 e. The molecule has 0 amide bonds. The normalized spacial score (nSPS) is 14.6. The van der Waals surface area contributed by atoms with E-state index in [0.717, 1.165) is 54.1 Å². The van der Waals surface area contributed by atoms with E-state index in [1.165, 1.54) is 5.57 Å². The summed E-state index contributed by atoms with van der Waals surface area (Å²) in [6.07, 6.45) is 9.63. The van der Waals surface area contributed by atoms with Crippen LogP contribution in [-0.2, 0) is 6.54 Å². The van der Waals surface area contributed by atoms with Crippen molar-refractivity contribution in [2.45, 2.75) is 38.3 Å². The number of allylic oxidation sites excluding steroid dienone is 1. The van der Waals surface area contributed by atoms with E-state index in [-0.39, 0.29) is 0 Å². The van der Waals surface area contributed by atoms with Crippen molar-refractivity contribution in [2.75, 3.05) is 10.6 Å². The molecule has 1 aliphatic rings. The lowest BCUT2D eigenvalue weighted by Crippen LogP contribution is -2.23. The summed E-state index contributed by atoms with van der Waals surface area (Å²) in [5.74, 6) is 1.62. The Morgan fingerprint density at radius 2 is 1.93 bits per heavy atom. The summed E-state index contributed by atoms with van der Waals surface area (Å²) in [5.41, 5.74) is 4.12. The lowest BCUT2D eigenvalue weighted by Gasteiger charge is -2.25. The summed E-state index contributed by atoms with van der Waals surface area (Å²) in [5, 5.41) is 7.47. The van der Waals surface area contributed by atoms with Crippen molar-refractivity contribution in [1.82, 2.24) is 15.0 Å². The van der Waals surface area contributed by atoms with Gasteiger partial charge in [-0.3, -0.25) is 4.98 Å². The van der Waals surface area contributed by atoms with E-state index in [1.54, 1.807) is 12.4 Å². The molecule has 2 N–H and O–H groups in total. The van der Waals surface area contributed by atoms with Crippen LogP contribution in [0.4, 0.5) is 11.6 Å². The Balaban J connectivity index is 1.49. The molecule has 0 unspecified atom stereocenters. The van der Waals surface area contributed by atoms with Crippen molar-refractivity contribution in [1.29, 1.82) is 0 Å². The third kappa shape index (κ3) is 5.12. The molecule has 3 aromatic heterocycles. The Morgan fingerprint density at radius 1 is 1.07 bits per heavy atom. The van der Waals surface area contributed by atoms with Gasteiger partial charge in [0.1, 0.15) is 11.6 Å². The van der Waals surface area contributed by atoms with Crippen LogP contribution in [0.5, 0.6) is 0 Å². The molecule has 5 nitrogen and oxygen atoms in total. The van der Waals surface area contributed by atoms with E-state index in [2.05, 4.69) is 27.2 Å². The molecule has 3 aromatic rings. The summed E-state index contributed by atoms with van der Waals surface area (Å²) in [4.78, 5) is 13.3. The lowest BCUT2D eigenvalue weighted by atomic mass is 9.92. The summed E-state index contributed by atoms with van der Waals surface area (Å²) in [6.45, 7) is 4.75. The zero-order valence-corrected chi connectivity index (χ0v) is 17.0. The molecule has 148 valence electrons. The second-order valence-corrected chi connectivity index (χ2v) is 7.75. The third-order valence-corrected chi connectivity index (χ3v) is 5.42. The predicted octanol–water partition coefficient (Wildman–Crippen LogP) is 5.71. The van der Waals surface area contributed by atoms with Gasteiger partial charge in [0, 0.05) is 36.7 Å². The van der Waals surface area contributed by atoms with Crippen molar-refractivity contribution in [3.05, 3.63) is 77.7 Å². The van der Waals surface area contributed by atoms with Crippen LogP contribution >= 0.6 is 11.6 Å². The van der Waals surface area contributed by atoms with Crippen LogP contribution in [-0.4, -0.2) is 21.0 Å². The monoisotopic (exact) mass is 405 g/mol. The molecule has 0 bridgehead atoms. The quantitative estimate of drug-likeness (QED) is 0.514. The number of halogens is 1. The largest absolute Gasteiger partial charge is 0.367 e. The van der Waals surface area contributed by atoms with Crippen LogP contribution in [0.25, 0.3) is 11.3 Å². The van der Waals surface area contributed by atoms with Crippen LogP contribution in [0.3, 0.4) is 0 Å².